The Bertz CT molecular complexity index is 166. The second kappa shape index (κ2) is 7.36. The van der Waals surface area contributed by atoms with E-state index in [-0.39, 0.29) is 35.5 Å². The third-order valence-corrected chi connectivity index (χ3v) is 1.25. The molecule has 6 heteroatoms. The minimum absolute atomic E-state index is 0. The van der Waals surface area contributed by atoms with Gasteiger partial charge in [0.25, 0.3) is 0 Å². The van der Waals surface area contributed by atoms with Crippen molar-refractivity contribution in [2.24, 2.45) is 0 Å². The molecule has 0 aromatic rings. The van der Waals surface area contributed by atoms with E-state index in [1.165, 1.54) is 11.3 Å². The highest BCUT2D eigenvalue weighted by Crippen LogP contribution is 1.95. The molecule has 1 saturated heterocycles. The van der Waals surface area contributed by atoms with Crippen LogP contribution < -0.4 is 5.32 Å². The summed E-state index contributed by atoms with van der Waals surface area (Å²) < 4.78 is 0. The summed E-state index contributed by atoms with van der Waals surface area (Å²) in [5.41, 5.74) is 0. The van der Waals surface area contributed by atoms with E-state index in [2.05, 4.69) is 16.9 Å². The quantitative estimate of drug-likeness (QED) is 0.564. The standard InChI is InChI=1S/C5H8N2O2.CH3Cl.BrH/c1-2-7-3-4(8)6-5(7)9;1-2;/h2-3H2,1H3,(H,6,8,9);1H3;1H. The Morgan fingerprint density at radius 1 is 1.50 bits per heavy atom. The zero-order valence-corrected chi connectivity index (χ0v) is 9.43. The molecule has 0 bridgehead atoms. The van der Waals surface area contributed by atoms with Gasteiger partial charge in [0, 0.05) is 12.9 Å². The van der Waals surface area contributed by atoms with Crippen LogP contribution in [0.2, 0.25) is 0 Å². The summed E-state index contributed by atoms with van der Waals surface area (Å²) in [7, 11) is 0. The lowest BCUT2D eigenvalue weighted by Crippen LogP contribution is -2.27. The Balaban J connectivity index is 0. The molecular weight excluding hydrogens is 247 g/mol. The van der Waals surface area contributed by atoms with Crippen LogP contribution in [-0.4, -0.2) is 36.3 Å². The molecule has 0 radical (unpaired) electrons. The number of hydrogen-bond donors (Lipinski definition) is 1. The molecule has 12 heavy (non-hydrogen) atoms. The van der Waals surface area contributed by atoms with Gasteiger partial charge in [0.1, 0.15) is 6.54 Å². The molecule has 0 aromatic heterocycles. The number of imide groups is 1. The fourth-order valence-electron chi connectivity index (χ4n) is 0.738. The lowest BCUT2D eigenvalue weighted by molar-refractivity contribution is -0.118. The van der Waals surface area contributed by atoms with Crippen molar-refractivity contribution >= 4 is 40.5 Å². The molecule has 1 rings (SSSR count). The molecule has 0 saturated carbocycles. The van der Waals surface area contributed by atoms with Gasteiger partial charge in [-0.3, -0.25) is 10.1 Å². The van der Waals surface area contributed by atoms with E-state index in [9.17, 15) is 9.59 Å². The molecule has 1 heterocycles. The second-order valence-corrected chi connectivity index (χ2v) is 1.87. The van der Waals surface area contributed by atoms with Crippen molar-refractivity contribution in [3.8, 4) is 0 Å². The summed E-state index contributed by atoms with van der Waals surface area (Å²) in [6.45, 7) is 2.64. The average Bonchev–Trinajstić information content (AvgIpc) is 2.33. The maximum Gasteiger partial charge on any atom is 0.324 e. The smallest absolute Gasteiger partial charge is 0.315 e. The first-order chi connectivity index (χ1) is 5.24. The topological polar surface area (TPSA) is 49.4 Å². The van der Waals surface area contributed by atoms with Crippen molar-refractivity contribution in [1.82, 2.24) is 10.2 Å². The minimum Gasteiger partial charge on any atom is -0.315 e. The molecule has 72 valence electrons. The van der Waals surface area contributed by atoms with Gasteiger partial charge in [-0.05, 0) is 6.92 Å². The fourth-order valence-corrected chi connectivity index (χ4v) is 0.738. The van der Waals surface area contributed by atoms with Gasteiger partial charge in [-0.15, -0.1) is 28.6 Å². The molecule has 0 unspecified atom stereocenters. The van der Waals surface area contributed by atoms with Crippen LogP contribution in [0.5, 0.6) is 0 Å². The molecule has 1 aliphatic heterocycles. The fraction of sp³-hybridized carbons (Fsp3) is 0.667. The van der Waals surface area contributed by atoms with Crippen LogP contribution >= 0.6 is 28.6 Å². The third kappa shape index (κ3) is 3.92. The number of halogens is 2. The van der Waals surface area contributed by atoms with Crippen molar-refractivity contribution in [3.05, 3.63) is 0 Å². The van der Waals surface area contributed by atoms with Crippen LogP contribution in [0, 0.1) is 0 Å². The number of likely N-dealkylation sites (N-methyl/N-ethyl adjacent to an activating group) is 1. The SMILES string of the molecule is Br.CCN1CC(=O)NC1=O.CCl. The summed E-state index contributed by atoms with van der Waals surface area (Å²) in [5, 5.41) is 2.17. The normalized spacial score (nSPS) is 14.4. The molecule has 0 spiro atoms. The number of alkyl halides is 1. The first kappa shape index (κ1) is 14.2. The zero-order chi connectivity index (χ0) is 8.85. The van der Waals surface area contributed by atoms with Crippen LogP contribution in [0.3, 0.4) is 0 Å². The highest BCUT2D eigenvalue weighted by molar-refractivity contribution is 8.93. The molecule has 3 amide bonds. The van der Waals surface area contributed by atoms with E-state index in [4.69, 9.17) is 0 Å². The number of urea groups is 1. The Kier molecular flexibility index (Phi) is 8.74. The van der Waals surface area contributed by atoms with E-state index in [0.717, 1.165) is 0 Å². The first-order valence-corrected chi connectivity index (χ1v) is 3.96. The summed E-state index contributed by atoms with van der Waals surface area (Å²) >= 11 is 4.64. The summed E-state index contributed by atoms with van der Waals surface area (Å²) in [6, 6.07) is -0.275. The molecule has 1 fully saturated rings. The van der Waals surface area contributed by atoms with Crippen molar-refractivity contribution in [1.29, 1.82) is 0 Å². The molecular formula is C6H12BrClN2O2. The first-order valence-electron chi connectivity index (χ1n) is 3.20. The maximum atomic E-state index is 10.6. The van der Waals surface area contributed by atoms with Crippen molar-refractivity contribution < 1.29 is 9.59 Å². The number of nitrogens with zero attached hydrogens (tertiary/aromatic N) is 1. The van der Waals surface area contributed by atoms with Gasteiger partial charge in [-0.2, -0.15) is 0 Å². The number of amides is 3. The molecule has 1 N–H and O–H groups in total. The average molecular weight is 260 g/mol. The lowest BCUT2D eigenvalue weighted by Gasteiger charge is -2.06. The van der Waals surface area contributed by atoms with Crippen LogP contribution in [0.15, 0.2) is 0 Å². The number of carbonyl (C=O) groups is 2. The van der Waals surface area contributed by atoms with E-state index in [0.29, 0.717) is 6.54 Å². The van der Waals surface area contributed by atoms with Gasteiger partial charge in [-0.1, -0.05) is 0 Å². The van der Waals surface area contributed by atoms with Crippen molar-refractivity contribution in [2.75, 3.05) is 19.5 Å². The Hall–Kier alpha value is -0.290. The van der Waals surface area contributed by atoms with E-state index < -0.39 is 0 Å². The van der Waals surface area contributed by atoms with E-state index >= 15 is 0 Å². The summed E-state index contributed by atoms with van der Waals surface area (Å²) in [4.78, 5) is 22.5. The van der Waals surface area contributed by atoms with Crippen LogP contribution in [0.25, 0.3) is 0 Å². The number of nitrogens with one attached hydrogen (secondary N) is 1. The third-order valence-electron chi connectivity index (χ3n) is 1.25. The highest BCUT2D eigenvalue weighted by atomic mass is 79.9. The van der Waals surface area contributed by atoms with E-state index in [1.54, 1.807) is 0 Å². The molecule has 1 aliphatic rings. The van der Waals surface area contributed by atoms with Gasteiger partial charge in [0.05, 0.1) is 0 Å². The Morgan fingerprint density at radius 3 is 2.17 bits per heavy atom. The molecule has 0 aliphatic carbocycles. The monoisotopic (exact) mass is 258 g/mol. The molecule has 0 atom stereocenters. The van der Waals surface area contributed by atoms with Gasteiger partial charge >= 0.3 is 6.03 Å². The van der Waals surface area contributed by atoms with Gasteiger partial charge in [-0.25, -0.2) is 4.79 Å². The molecule has 4 nitrogen and oxygen atoms in total. The summed E-state index contributed by atoms with van der Waals surface area (Å²) in [6.07, 6.45) is 1.47. The highest BCUT2D eigenvalue weighted by Gasteiger charge is 2.24. The number of hydrogen-bond acceptors (Lipinski definition) is 2. The predicted octanol–water partition coefficient (Wildman–Crippen LogP) is 0.991. The van der Waals surface area contributed by atoms with Crippen LogP contribution in [-0.2, 0) is 4.79 Å². The van der Waals surface area contributed by atoms with Crippen molar-refractivity contribution in [2.45, 2.75) is 6.92 Å². The Labute approximate surface area is 87.0 Å². The second-order valence-electron chi connectivity index (χ2n) is 1.87. The van der Waals surface area contributed by atoms with Gasteiger partial charge in [0.2, 0.25) is 5.91 Å². The maximum absolute atomic E-state index is 10.6. The lowest BCUT2D eigenvalue weighted by atomic mass is 10.6. The number of carbonyl (C=O) groups excluding carboxylic acids is 2. The summed E-state index contributed by atoms with van der Waals surface area (Å²) in [5.74, 6) is -0.207. The van der Waals surface area contributed by atoms with Crippen LogP contribution in [0.1, 0.15) is 6.92 Å². The van der Waals surface area contributed by atoms with Gasteiger partial charge < -0.3 is 4.90 Å². The minimum atomic E-state index is -0.275. The Morgan fingerprint density at radius 2 is 2.00 bits per heavy atom. The predicted molar refractivity (Wildman–Crippen MR) is 52.9 cm³/mol. The van der Waals surface area contributed by atoms with Gasteiger partial charge in [0.15, 0.2) is 0 Å². The molecule has 0 aromatic carbocycles. The van der Waals surface area contributed by atoms with Crippen LogP contribution in [0.4, 0.5) is 4.79 Å². The van der Waals surface area contributed by atoms with Crippen molar-refractivity contribution in [3.63, 3.8) is 0 Å². The van der Waals surface area contributed by atoms with E-state index in [1.807, 2.05) is 6.92 Å². The number of rotatable bonds is 1. The zero-order valence-electron chi connectivity index (χ0n) is 6.96. The largest absolute Gasteiger partial charge is 0.324 e.